The molecule has 0 fully saturated rings. The lowest BCUT2D eigenvalue weighted by Crippen LogP contribution is -2.13. The Labute approximate surface area is 109 Å². The summed E-state index contributed by atoms with van der Waals surface area (Å²) < 4.78 is 27.3. The van der Waals surface area contributed by atoms with Gasteiger partial charge in [0.1, 0.15) is 0 Å². The zero-order valence-electron chi connectivity index (χ0n) is 10.3. The second kappa shape index (κ2) is 5.16. The Kier molecular flexibility index (Phi) is 3.78. The SMILES string of the molecule is CCc1ccc(C(N)c2ccc(C)c(F)c2F)s1. The highest BCUT2D eigenvalue weighted by atomic mass is 32.1. The van der Waals surface area contributed by atoms with Crippen molar-refractivity contribution in [3.05, 3.63) is 56.8 Å². The molecule has 1 aromatic heterocycles. The Bertz CT molecular complexity index is 563. The Balaban J connectivity index is 2.39. The molecular weight excluding hydrogens is 252 g/mol. The lowest BCUT2D eigenvalue weighted by molar-refractivity contribution is 0.490. The molecule has 0 radical (unpaired) electrons. The summed E-state index contributed by atoms with van der Waals surface area (Å²) in [6.07, 6.45) is 0.919. The maximum Gasteiger partial charge on any atom is 0.164 e. The first-order valence-corrected chi connectivity index (χ1v) is 6.65. The largest absolute Gasteiger partial charge is 0.320 e. The van der Waals surface area contributed by atoms with E-state index in [0.717, 1.165) is 11.3 Å². The van der Waals surface area contributed by atoms with Gasteiger partial charge in [-0.15, -0.1) is 11.3 Å². The standard InChI is InChI=1S/C14H15F2NS/c1-3-9-5-7-11(18-9)14(17)10-6-4-8(2)12(15)13(10)16/h4-7,14H,3,17H2,1-2H3. The molecule has 0 bridgehead atoms. The molecule has 1 atom stereocenters. The Hall–Kier alpha value is -1.26. The molecule has 2 aromatic rings. The predicted molar refractivity (Wildman–Crippen MR) is 70.8 cm³/mol. The highest BCUT2D eigenvalue weighted by Crippen LogP contribution is 2.29. The van der Waals surface area contributed by atoms with Gasteiger partial charge in [-0.3, -0.25) is 0 Å². The number of thiophene rings is 1. The van der Waals surface area contributed by atoms with Crippen molar-refractivity contribution in [1.29, 1.82) is 0 Å². The van der Waals surface area contributed by atoms with Crippen molar-refractivity contribution in [3.8, 4) is 0 Å². The van der Waals surface area contributed by atoms with Crippen LogP contribution in [-0.2, 0) is 6.42 Å². The molecule has 2 rings (SSSR count). The quantitative estimate of drug-likeness (QED) is 0.895. The van der Waals surface area contributed by atoms with Gasteiger partial charge >= 0.3 is 0 Å². The highest BCUT2D eigenvalue weighted by molar-refractivity contribution is 7.12. The molecule has 0 saturated heterocycles. The summed E-state index contributed by atoms with van der Waals surface area (Å²) in [6, 6.07) is 6.37. The smallest absolute Gasteiger partial charge is 0.164 e. The van der Waals surface area contributed by atoms with Crippen LogP contribution < -0.4 is 5.73 Å². The van der Waals surface area contributed by atoms with Gasteiger partial charge in [0.15, 0.2) is 11.6 Å². The van der Waals surface area contributed by atoms with Gasteiger partial charge in [-0.1, -0.05) is 19.1 Å². The van der Waals surface area contributed by atoms with Crippen LogP contribution in [0.5, 0.6) is 0 Å². The minimum absolute atomic E-state index is 0.211. The Morgan fingerprint density at radius 2 is 1.89 bits per heavy atom. The van der Waals surface area contributed by atoms with Gasteiger partial charge in [0.25, 0.3) is 0 Å². The van der Waals surface area contributed by atoms with Crippen molar-refractivity contribution < 1.29 is 8.78 Å². The summed E-state index contributed by atoms with van der Waals surface area (Å²) >= 11 is 1.54. The fourth-order valence-electron chi connectivity index (χ4n) is 1.81. The van der Waals surface area contributed by atoms with E-state index in [1.807, 2.05) is 19.1 Å². The molecule has 4 heteroatoms. The fourth-order valence-corrected chi connectivity index (χ4v) is 2.78. The second-order valence-electron chi connectivity index (χ2n) is 4.23. The molecule has 2 N–H and O–H groups in total. The molecule has 18 heavy (non-hydrogen) atoms. The maximum atomic E-state index is 13.8. The van der Waals surface area contributed by atoms with E-state index in [1.54, 1.807) is 23.5 Å². The van der Waals surface area contributed by atoms with Crippen LogP contribution in [0.25, 0.3) is 0 Å². The predicted octanol–water partition coefficient (Wildman–Crippen LogP) is 3.95. The van der Waals surface area contributed by atoms with E-state index in [2.05, 4.69) is 0 Å². The zero-order chi connectivity index (χ0) is 13.3. The number of hydrogen-bond donors (Lipinski definition) is 1. The van der Waals surface area contributed by atoms with Gasteiger partial charge in [0, 0.05) is 15.3 Å². The summed E-state index contributed by atoms with van der Waals surface area (Å²) in [5, 5.41) is 0. The molecule has 1 aromatic carbocycles. The first kappa shape index (κ1) is 13.2. The molecule has 0 spiro atoms. The number of benzene rings is 1. The number of rotatable bonds is 3. The highest BCUT2D eigenvalue weighted by Gasteiger charge is 2.19. The topological polar surface area (TPSA) is 26.0 Å². The number of hydrogen-bond acceptors (Lipinski definition) is 2. The third kappa shape index (κ3) is 2.31. The van der Waals surface area contributed by atoms with Crippen molar-refractivity contribution in [2.45, 2.75) is 26.3 Å². The lowest BCUT2D eigenvalue weighted by Gasteiger charge is -2.12. The summed E-state index contributed by atoms with van der Waals surface area (Å²) in [4.78, 5) is 2.04. The summed E-state index contributed by atoms with van der Waals surface area (Å²) in [5.74, 6) is -1.65. The van der Waals surface area contributed by atoms with Crippen LogP contribution in [0.15, 0.2) is 24.3 Å². The number of nitrogens with two attached hydrogens (primary N) is 1. The monoisotopic (exact) mass is 267 g/mol. The van der Waals surface area contributed by atoms with Crippen LogP contribution in [0, 0.1) is 18.6 Å². The van der Waals surface area contributed by atoms with Crippen molar-refractivity contribution in [3.63, 3.8) is 0 Å². The van der Waals surface area contributed by atoms with E-state index in [9.17, 15) is 8.78 Å². The van der Waals surface area contributed by atoms with Crippen LogP contribution >= 0.6 is 11.3 Å². The molecule has 96 valence electrons. The first-order valence-electron chi connectivity index (χ1n) is 5.83. The van der Waals surface area contributed by atoms with Crippen molar-refractivity contribution in [2.24, 2.45) is 5.73 Å². The normalized spacial score (nSPS) is 12.7. The Morgan fingerprint density at radius 3 is 2.50 bits per heavy atom. The molecule has 0 aliphatic heterocycles. The average Bonchev–Trinajstić information content (AvgIpc) is 2.84. The third-order valence-electron chi connectivity index (χ3n) is 2.98. The van der Waals surface area contributed by atoms with Crippen LogP contribution in [-0.4, -0.2) is 0 Å². The molecule has 0 aliphatic rings. The minimum atomic E-state index is -0.839. The van der Waals surface area contributed by atoms with E-state index < -0.39 is 17.7 Å². The van der Waals surface area contributed by atoms with Crippen molar-refractivity contribution >= 4 is 11.3 Å². The van der Waals surface area contributed by atoms with Gasteiger partial charge in [-0.25, -0.2) is 8.78 Å². The fraction of sp³-hybridized carbons (Fsp3) is 0.286. The molecule has 1 unspecified atom stereocenters. The number of halogens is 2. The van der Waals surface area contributed by atoms with E-state index in [4.69, 9.17) is 5.73 Å². The third-order valence-corrected chi connectivity index (χ3v) is 4.29. The van der Waals surface area contributed by atoms with Crippen molar-refractivity contribution in [1.82, 2.24) is 0 Å². The van der Waals surface area contributed by atoms with Gasteiger partial charge in [0.2, 0.25) is 0 Å². The van der Waals surface area contributed by atoms with Crippen molar-refractivity contribution in [2.75, 3.05) is 0 Å². The first-order chi connectivity index (χ1) is 8.54. The van der Waals surface area contributed by atoms with Crippen LogP contribution in [0.2, 0.25) is 0 Å². The van der Waals surface area contributed by atoms with Crippen LogP contribution in [0.1, 0.15) is 33.8 Å². The van der Waals surface area contributed by atoms with Gasteiger partial charge in [0.05, 0.1) is 6.04 Å². The van der Waals surface area contributed by atoms with Gasteiger partial charge in [-0.2, -0.15) is 0 Å². The van der Waals surface area contributed by atoms with E-state index in [-0.39, 0.29) is 5.56 Å². The summed E-state index contributed by atoms with van der Waals surface area (Å²) in [7, 11) is 0. The second-order valence-corrected chi connectivity index (χ2v) is 5.43. The minimum Gasteiger partial charge on any atom is -0.320 e. The molecule has 1 heterocycles. The van der Waals surface area contributed by atoms with E-state index >= 15 is 0 Å². The number of aryl methyl sites for hydroxylation is 2. The Morgan fingerprint density at radius 1 is 1.17 bits per heavy atom. The van der Waals surface area contributed by atoms with E-state index in [1.165, 1.54) is 11.8 Å². The average molecular weight is 267 g/mol. The molecular formula is C14H15F2NS. The zero-order valence-corrected chi connectivity index (χ0v) is 11.2. The van der Waals surface area contributed by atoms with Gasteiger partial charge in [-0.05, 0) is 31.0 Å². The molecule has 0 saturated carbocycles. The van der Waals surface area contributed by atoms with Gasteiger partial charge < -0.3 is 5.73 Å². The maximum absolute atomic E-state index is 13.8. The van der Waals surface area contributed by atoms with Crippen LogP contribution in [0.3, 0.4) is 0 Å². The summed E-state index contributed by atoms with van der Waals surface area (Å²) in [5.41, 5.74) is 6.51. The molecule has 0 aliphatic carbocycles. The summed E-state index contributed by atoms with van der Waals surface area (Å²) in [6.45, 7) is 3.58. The van der Waals surface area contributed by atoms with Crippen LogP contribution in [0.4, 0.5) is 8.78 Å². The molecule has 0 amide bonds. The molecule has 1 nitrogen and oxygen atoms in total. The van der Waals surface area contributed by atoms with E-state index in [0.29, 0.717) is 5.56 Å². The lowest BCUT2D eigenvalue weighted by atomic mass is 10.0.